The van der Waals surface area contributed by atoms with Crippen molar-refractivity contribution in [3.05, 3.63) is 163 Å². The molecule has 3 heterocycles. The van der Waals surface area contributed by atoms with Gasteiger partial charge < -0.3 is 14.4 Å². The predicted molar refractivity (Wildman–Crippen MR) is 243 cm³/mol. The zero-order valence-corrected chi connectivity index (χ0v) is 36.9. The molecular formula is C52H48BN4OPt-. The summed E-state index contributed by atoms with van der Waals surface area (Å²) in [6, 6.07) is 53.0. The van der Waals surface area contributed by atoms with Crippen LogP contribution in [0.4, 0.5) is 5.69 Å². The molecule has 0 spiro atoms. The molecule has 0 aliphatic carbocycles. The van der Waals surface area contributed by atoms with Crippen LogP contribution in [-0.2, 0) is 26.5 Å². The Morgan fingerprint density at radius 1 is 0.678 bits per heavy atom. The minimum Gasteiger partial charge on any atom is -0.507 e. The topological polar surface area (TPSA) is 54.2 Å². The number of phenolic OH excluding ortho intramolecular Hbond substituents is 1. The zero-order valence-electron chi connectivity index (χ0n) is 34.6. The van der Waals surface area contributed by atoms with E-state index >= 15 is 0 Å². The van der Waals surface area contributed by atoms with Gasteiger partial charge in [-0.15, -0.1) is 29.3 Å². The van der Waals surface area contributed by atoms with Gasteiger partial charge in [0, 0.05) is 44.7 Å². The number of pyridine rings is 1. The zero-order chi connectivity index (χ0) is 40.3. The van der Waals surface area contributed by atoms with Crippen molar-refractivity contribution in [2.75, 3.05) is 4.81 Å². The number of nitrogens with zero attached hydrogens (tertiary/aromatic N) is 4. The van der Waals surface area contributed by atoms with Crippen molar-refractivity contribution < 1.29 is 26.2 Å². The number of phenols is 1. The van der Waals surface area contributed by atoms with Gasteiger partial charge in [-0.25, -0.2) is 4.98 Å². The monoisotopic (exact) mass is 950 g/mol. The fourth-order valence-corrected chi connectivity index (χ4v) is 8.63. The summed E-state index contributed by atoms with van der Waals surface area (Å²) in [7, 11) is 0. The summed E-state index contributed by atoms with van der Waals surface area (Å²) < 4.78 is 2.36. The molecule has 0 atom stereocenters. The van der Waals surface area contributed by atoms with E-state index < -0.39 is 0 Å². The second-order valence-corrected chi connectivity index (χ2v) is 17.1. The van der Waals surface area contributed by atoms with E-state index in [0.717, 1.165) is 61.6 Å². The average molecular weight is 951 g/mol. The maximum atomic E-state index is 11.7. The van der Waals surface area contributed by atoms with E-state index in [1.54, 1.807) is 6.07 Å². The Labute approximate surface area is 363 Å². The molecule has 1 aliphatic rings. The molecule has 0 fully saturated rings. The first-order valence-corrected chi connectivity index (χ1v) is 20.4. The van der Waals surface area contributed by atoms with Gasteiger partial charge in [0.25, 0.3) is 0 Å². The summed E-state index contributed by atoms with van der Waals surface area (Å²) in [6.07, 6.45) is 1.89. The van der Waals surface area contributed by atoms with Crippen LogP contribution in [0, 0.1) is 6.07 Å². The molecule has 6 aromatic carbocycles. The van der Waals surface area contributed by atoms with E-state index in [2.05, 4.69) is 185 Å². The Morgan fingerprint density at radius 3 is 2.00 bits per heavy atom. The molecule has 1 N–H and O–H groups in total. The summed E-state index contributed by atoms with van der Waals surface area (Å²) in [5.74, 6) is 1.23. The van der Waals surface area contributed by atoms with Crippen LogP contribution in [0.15, 0.2) is 146 Å². The SMILES string of the molecule is CC(C)c1cc(-c2ccccc2)ccc1B1N(C(C)C)c2cccc(O)c2-c2nc3c(-c4[c-]c(-c5cc(-c6ccccc6)ccn5)cc(C(C)(C)C)c4)cccc3n21.[Pt]. The van der Waals surface area contributed by atoms with Crippen molar-refractivity contribution in [3.63, 3.8) is 0 Å². The number of fused-ring (bicyclic) bond motifs is 5. The molecule has 0 saturated heterocycles. The summed E-state index contributed by atoms with van der Waals surface area (Å²) in [5, 5.41) is 11.7. The van der Waals surface area contributed by atoms with Crippen molar-refractivity contribution >= 4 is 29.2 Å². The molecule has 8 aromatic rings. The number of aromatic hydroxyl groups is 1. The molecule has 0 amide bonds. The van der Waals surface area contributed by atoms with Gasteiger partial charge >= 0.3 is 6.98 Å². The second kappa shape index (κ2) is 15.8. The van der Waals surface area contributed by atoms with E-state index in [-0.39, 0.29) is 51.2 Å². The van der Waals surface area contributed by atoms with Gasteiger partial charge in [-0.3, -0.25) is 4.98 Å². The van der Waals surface area contributed by atoms with Crippen LogP contribution in [0.25, 0.3) is 67.1 Å². The number of aromatic nitrogens is 3. The van der Waals surface area contributed by atoms with Crippen molar-refractivity contribution in [2.45, 2.75) is 65.8 Å². The molecular weight excluding hydrogens is 902 g/mol. The van der Waals surface area contributed by atoms with Crippen LogP contribution >= 0.6 is 0 Å². The number of anilines is 1. The molecule has 0 saturated carbocycles. The summed E-state index contributed by atoms with van der Waals surface area (Å²) in [4.78, 5) is 12.9. The Kier molecular flexibility index (Phi) is 10.7. The van der Waals surface area contributed by atoms with Crippen LogP contribution in [-0.4, -0.2) is 32.6 Å². The first kappa shape index (κ1) is 40.1. The normalized spacial score (nSPS) is 12.5. The standard InChI is InChI=1S/C52H48BN4O.Pt/c1-33(2)43-31-37(35-16-10-8-11-17-35)24-25-44(43)53-56(34(3)4)46-21-15-23-48(58)49(46)51-55-50-42(20-14-22-47(50)57(51)53)39-28-40(30-41(29-39)52(5,6)7)45-32-38(26-27-54-45)36-18-12-9-13-19-36;/h8-27,29-34,58H,1-7H3;/q-1;. The number of imidazole rings is 1. The Hall–Kier alpha value is -5.71. The minimum atomic E-state index is -0.225. The Morgan fingerprint density at radius 2 is 1.34 bits per heavy atom. The van der Waals surface area contributed by atoms with E-state index in [1.165, 1.54) is 27.7 Å². The molecule has 9 rings (SSSR count). The number of hydrogen-bond donors (Lipinski definition) is 1. The largest absolute Gasteiger partial charge is 0.507 e. The smallest absolute Gasteiger partial charge is 0.417 e. The minimum absolute atomic E-state index is 0. The first-order valence-electron chi connectivity index (χ1n) is 20.4. The van der Waals surface area contributed by atoms with Crippen LogP contribution in [0.2, 0.25) is 0 Å². The van der Waals surface area contributed by atoms with Gasteiger partial charge in [0.1, 0.15) is 11.6 Å². The molecule has 296 valence electrons. The fraction of sp³-hybridized carbons (Fsp3) is 0.192. The second-order valence-electron chi connectivity index (χ2n) is 17.1. The van der Waals surface area contributed by atoms with Gasteiger partial charge in [-0.1, -0.05) is 149 Å². The molecule has 0 unspecified atom stereocenters. The van der Waals surface area contributed by atoms with E-state index in [1.807, 2.05) is 18.3 Å². The average Bonchev–Trinajstić information content (AvgIpc) is 3.63. The van der Waals surface area contributed by atoms with Crippen molar-refractivity contribution in [3.8, 4) is 61.8 Å². The Balaban J connectivity index is 0.00000484. The van der Waals surface area contributed by atoms with Crippen LogP contribution in [0.3, 0.4) is 0 Å². The van der Waals surface area contributed by atoms with Crippen molar-refractivity contribution in [2.24, 2.45) is 0 Å². The third-order valence-corrected chi connectivity index (χ3v) is 11.6. The van der Waals surface area contributed by atoms with Gasteiger partial charge in [0.05, 0.1) is 16.6 Å². The van der Waals surface area contributed by atoms with Crippen LogP contribution in [0.5, 0.6) is 5.75 Å². The maximum Gasteiger partial charge on any atom is 0.417 e. The molecule has 2 aromatic heterocycles. The maximum absolute atomic E-state index is 11.7. The molecule has 0 radical (unpaired) electrons. The molecule has 59 heavy (non-hydrogen) atoms. The van der Waals surface area contributed by atoms with Crippen LogP contribution in [0.1, 0.15) is 65.5 Å². The summed E-state index contributed by atoms with van der Waals surface area (Å²) in [5.41, 5.74) is 15.6. The van der Waals surface area contributed by atoms with Crippen molar-refractivity contribution in [1.29, 1.82) is 0 Å². The van der Waals surface area contributed by atoms with E-state index in [9.17, 15) is 5.11 Å². The molecule has 7 heteroatoms. The summed E-state index contributed by atoms with van der Waals surface area (Å²) >= 11 is 0. The number of hydrogen-bond acceptors (Lipinski definition) is 4. The van der Waals surface area contributed by atoms with Crippen molar-refractivity contribution in [1.82, 2.24) is 14.4 Å². The predicted octanol–water partition coefficient (Wildman–Crippen LogP) is 12.2. The Bertz CT molecular complexity index is 2810. The third-order valence-electron chi connectivity index (χ3n) is 11.6. The van der Waals surface area contributed by atoms with Gasteiger partial charge in [0.15, 0.2) is 0 Å². The number of benzene rings is 6. The molecule has 0 bridgehead atoms. The number of para-hydroxylation sites is 1. The fourth-order valence-electron chi connectivity index (χ4n) is 8.63. The molecule has 1 aliphatic heterocycles. The van der Waals surface area contributed by atoms with E-state index in [0.29, 0.717) is 0 Å². The first-order chi connectivity index (χ1) is 28.0. The van der Waals surface area contributed by atoms with E-state index in [4.69, 9.17) is 9.97 Å². The van der Waals surface area contributed by atoms with Gasteiger partial charge in [0.2, 0.25) is 0 Å². The summed E-state index contributed by atoms with van der Waals surface area (Å²) in [6.45, 7) is 15.6. The number of rotatable bonds is 7. The van der Waals surface area contributed by atoms with Crippen LogP contribution < -0.4 is 10.3 Å². The van der Waals surface area contributed by atoms with Gasteiger partial charge in [-0.05, 0) is 82.7 Å². The third kappa shape index (κ3) is 7.23. The molecule has 5 nitrogen and oxygen atoms in total. The van der Waals surface area contributed by atoms with Gasteiger partial charge in [-0.2, -0.15) is 0 Å². The quantitative estimate of drug-likeness (QED) is 0.128.